The molecule has 74 valence electrons. The molecule has 0 radical (unpaired) electrons. The van der Waals surface area contributed by atoms with Gasteiger partial charge in [-0.15, -0.1) is 0 Å². The topological polar surface area (TPSA) is 152 Å². The number of rotatable bonds is 3. The molecule has 0 aliphatic rings. The average Bonchev–Trinajstić information content (AvgIpc) is 1.49. The first-order valence-electron chi connectivity index (χ1n) is 2.40. The van der Waals surface area contributed by atoms with Crippen molar-refractivity contribution < 1.29 is 38.2 Å². The molecule has 0 aromatic carbocycles. The Morgan fingerprint density at radius 1 is 1.00 bits per heavy atom. The van der Waals surface area contributed by atoms with Gasteiger partial charge in [-0.05, 0) is 0 Å². The van der Waals surface area contributed by atoms with Crippen LogP contribution < -0.4 is 0 Å². The second kappa shape index (κ2) is 3.70. The maximum Gasteiger partial charge on any atom is 0.350 e. The maximum atomic E-state index is 10.3. The molecule has 0 aliphatic heterocycles. The molecule has 8 nitrogen and oxygen atoms in total. The van der Waals surface area contributed by atoms with Gasteiger partial charge in [-0.2, -0.15) is 0 Å². The Labute approximate surface area is 67.4 Å². The molecular weight excluding hydrogens is 233 g/mol. The van der Waals surface area contributed by atoms with E-state index in [1.807, 2.05) is 0 Å². The van der Waals surface area contributed by atoms with Crippen molar-refractivity contribution in [2.75, 3.05) is 0 Å². The first-order valence-corrected chi connectivity index (χ1v) is 7.19. The van der Waals surface area contributed by atoms with Gasteiger partial charge in [-0.25, -0.2) is 0 Å². The van der Waals surface area contributed by atoms with E-state index < -0.39 is 28.4 Å². The zero-order chi connectivity index (χ0) is 10.2. The van der Waals surface area contributed by atoms with Crippen LogP contribution in [0.2, 0.25) is 0 Å². The fourth-order valence-corrected chi connectivity index (χ4v) is 4.35. The normalized spacial score (nSPS) is 16.5. The van der Waals surface area contributed by atoms with E-state index in [-0.39, 0.29) is 0 Å². The predicted octanol–water partition coefficient (Wildman–Crippen LogP) is -0.908. The van der Waals surface area contributed by atoms with E-state index in [0.717, 1.165) is 0 Å². The van der Waals surface area contributed by atoms with Crippen LogP contribution in [0.5, 0.6) is 0 Å². The Hall–Kier alpha value is 0.490. The molecule has 0 spiro atoms. The minimum atomic E-state index is -5.23. The molecule has 0 saturated carbocycles. The van der Waals surface area contributed by atoms with Gasteiger partial charge < -0.3 is 24.5 Å². The highest BCUT2D eigenvalue weighted by Gasteiger charge is 2.47. The van der Waals surface area contributed by atoms with Gasteiger partial charge in [0.1, 0.15) is 0 Å². The molecule has 1 atom stereocenters. The molecule has 0 heterocycles. The third kappa shape index (κ3) is 3.47. The van der Waals surface area contributed by atoms with Gasteiger partial charge in [0.15, 0.2) is 0 Å². The summed E-state index contributed by atoms with van der Waals surface area (Å²) in [6.07, 6.45) is 0. The first kappa shape index (κ1) is 12.5. The number of hydrogen-bond donors (Lipinski definition) is 5. The van der Waals surface area contributed by atoms with Crippen molar-refractivity contribution >= 4 is 23.2 Å². The molecular formula is CH7O8P3. The summed E-state index contributed by atoms with van der Waals surface area (Å²) in [5, 5.41) is -2.78. The molecule has 0 amide bonds. The lowest BCUT2D eigenvalue weighted by molar-refractivity contribution is 0.348. The Balaban J connectivity index is 5.11. The molecule has 0 rings (SSSR count). The number of hydrogen-bond acceptors (Lipinski definition) is 3. The smallest absolute Gasteiger partial charge is 0.345 e. The Morgan fingerprint density at radius 2 is 1.25 bits per heavy atom. The van der Waals surface area contributed by atoms with Crippen molar-refractivity contribution in [2.45, 2.75) is 5.14 Å². The summed E-state index contributed by atoms with van der Waals surface area (Å²) in [4.78, 5) is 41.3. The van der Waals surface area contributed by atoms with Crippen LogP contribution >= 0.6 is 23.2 Å². The quantitative estimate of drug-likeness (QED) is 0.397. The predicted molar refractivity (Wildman–Crippen MR) is 39.1 cm³/mol. The molecule has 1 unspecified atom stereocenters. The van der Waals surface area contributed by atoms with Gasteiger partial charge >= 0.3 is 15.2 Å². The van der Waals surface area contributed by atoms with Crippen molar-refractivity contribution in [3.8, 4) is 0 Å². The molecule has 0 saturated heterocycles. The lowest BCUT2D eigenvalue weighted by Gasteiger charge is -2.15. The lowest BCUT2D eigenvalue weighted by atomic mass is 11.8. The summed E-state index contributed by atoms with van der Waals surface area (Å²) in [7, 11) is -14.4. The minimum absolute atomic E-state index is 2.78. The summed E-state index contributed by atoms with van der Waals surface area (Å²) in [5.74, 6) is 0. The van der Waals surface area contributed by atoms with E-state index in [4.69, 9.17) is 24.5 Å². The second-order valence-electron chi connectivity index (χ2n) is 1.89. The van der Waals surface area contributed by atoms with Gasteiger partial charge in [0.25, 0.3) is 0 Å². The third-order valence-corrected chi connectivity index (χ3v) is 7.72. The highest BCUT2D eigenvalue weighted by molar-refractivity contribution is 7.83. The highest BCUT2D eigenvalue weighted by Crippen LogP contribution is 2.67. The molecule has 0 fully saturated rings. The molecule has 0 aromatic rings. The maximum absolute atomic E-state index is 10.3. The van der Waals surface area contributed by atoms with Crippen molar-refractivity contribution in [2.24, 2.45) is 0 Å². The molecule has 5 N–H and O–H groups in total. The first-order chi connectivity index (χ1) is 5.07. The average molecular weight is 240 g/mol. The summed E-state index contributed by atoms with van der Waals surface area (Å²) < 4.78 is 30.8. The van der Waals surface area contributed by atoms with Crippen LogP contribution in [-0.4, -0.2) is 29.6 Å². The van der Waals surface area contributed by atoms with Gasteiger partial charge in [0.2, 0.25) is 13.2 Å². The third-order valence-electron chi connectivity index (χ3n) is 0.858. The lowest BCUT2D eigenvalue weighted by Crippen LogP contribution is -2.03. The molecule has 0 aliphatic carbocycles. The van der Waals surface area contributed by atoms with Crippen LogP contribution in [0.3, 0.4) is 0 Å². The monoisotopic (exact) mass is 240 g/mol. The van der Waals surface area contributed by atoms with Crippen molar-refractivity contribution in [1.29, 1.82) is 0 Å². The summed E-state index contributed by atoms with van der Waals surface area (Å²) in [5.41, 5.74) is 0. The van der Waals surface area contributed by atoms with Gasteiger partial charge in [0, 0.05) is 0 Å². The minimum Gasteiger partial charge on any atom is -0.345 e. The Bertz CT molecular complexity index is 246. The van der Waals surface area contributed by atoms with Crippen LogP contribution in [0.15, 0.2) is 0 Å². The fourth-order valence-electron chi connectivity index (χ4n) is 0.484. The summed E-state index contributed by atoms with van der Waals surface area (Å²) in [6.45, 7) is 0. The standard InChI is InChI=1S/CH7O8P3/c2-10(3)1(11(4,5)6)12(7,8)9/h1,10H,(H,2,3)(H2,4,5,6)(H2,7,8,9). The summed E-state index contributed by atoms with van der Waals surface area (Å²) >= 11 is 0. The zero-order valence-electron chi connectivity index (χ0n) is 5.43. The van der Waals surface area contributed by atoms with E-state index in [9.17, 15) is 13.7 Å². The fraction of sp³-hybridized carbons (Fsp3) is 1.00. The van der Waals surface area contributed by atoms with Crippen LogP contribution in [0.25, 0.3) is 0 Å². The van der Waals surface area contributed by atoms with Gasteiger partial charge in [-0.3, -0.25) is 13.7 Å². The summed E-state index contributed by atoms with van der Waals surface area (Å²) in [6, 6.07) is 0. The molecule has 0 aromatic heterocycles. The van der Waals surface area contributed by atoms with Crippen LogP contribution in [0, 0.1) is 0 Å². The van der Waals surface area contributed by atoms with E-state index >= 15 is 0 Å². The molecule has 0 bridgehead atoms. The SMILES string of the molecule is O=[PH](O)C(P(=O)(O)O)P(=O)(O)O. The van der Waals surface area contributed by atoms with Crippen molar-refractivity contribution in [3.05, 3.63) is 0 Å². The van der Waals surface area contributed by atoms with Gasteiger partial charge in [0.05, 0.1) is 0 Å². The van der Waals surface area contributed by atoms with Crippen LogP contribution in [0.1, 0.15) is 0 Å². The van der Waals surface area contributed by atoms with Crippen molar-refractivity contribution in [1.82, 2.24) is 0 Å². The molecule has 11 heteroatoms. The zero-order valence-corrected chi connectivity index (χ0v) is 8.22. The van der Waals surface area contributed by atoms with Crippen molar-refractivity contribution in [3.63, 3.8) is 0 Å². The second-order valence-corrected chi connectivity index (χ2v) is 7.91. The van der Waals surface area contributed by atoms with Crippen LogP contribution in [-0.2, 0) is 13.7 Å². The van der Waals surface area contributed by atoms with E-state index in [1.54, 1.807) is 0 Å². The van der Waals surface area contributed by atoms with E-state index in [2.05, 4.69) is 0 Å². The Morgan fingerprint density at radius 3 is 1.25 bits per heavy atom. The Kier molecular flexibility index (Phi) is 3.85. The largest absolute Gasteiger partial charge is 0.350 e. The van der Waals surface area contributed by atoms with E-state index in [1.165, 1.54) is 0 Å². The van der Waals surface area contributed by atoms with Gasteiger partial charge in [-0.1, -0.05) is 0 Å². The van der Waals surface area contributed by atoms with E-state index in [0.29, 0.717) is 0 Å². The molecule has 12 heavy (non-hydrogen) atoms. The van der Waals surface area contributed by atoms with Crippen LogP contribution in [0.4, 0.5) is 0 Å². The highest BCUT2D eigenvalue weighted by atomic mass is 31.3.